The van der Waals surface area contributed by atoms with Crippen LogP contribution in [0.15, 0.2) is 24.3 Å². The second-order valence-corrected chi connectivity index (χ2v) is 17.1. The predicted octanol–water partition coefficient (Wildman–Crippen LogP) is 6.52. The lowest BCUT2D eigenvalue weighted by Crippen LogP contribution is -2.60. The van der Waals surface area contributed by atoms with Gasteiger partial charge in [0.1, 0.15) is 0 Å². The Labute approximate surface area is 185 Å². The van der Waals surface area contributed by atoms with E-state index in [0.717, 1.165) is 6.42 Å². The Hall–Kier alpha value is -0.618. The fourth-order valence-corrected chi connectivity index (χ4v) is 7.05. The zero-order valence-electron chi connectivity index (χ0n) is 20.6. The fraction of sp³-hybridized carbons (Fsp3) is 0.760. The van der Waals surface area contributed by atoms with Crippen LogP contribution in [-0.4, -0.2) is 32.1 Å². The number of benzene rings is 1. The molecule has 4 rings (SSSR count). The second-order valence-electron chi connectivity index (χ2n) is 12.4. The van der Waals surface area contributed by atoms with Gasteiger partial charge in [0.05, 0.1) is 16.7 Å². The molecule has 0 aromatic heterocycles. The summed E-state index contributed by atoms with van der Waals surface area (Å²) in [5, 5.41) is 0.135. The summed E-state index contributed by atoms with van der Waals surface area (Å²) in [4.78, 5) is 0. The van der Waals surface area contributed by atoms with Crippen molar-refractivity contribution in [2.45, 2.75) is 115 Å². The molecule has 0 N–H and O–H groups in total. The Balaban J connectivity index is 1.84. The molecule has 2 fully saturated rings. The number of fused-ring (bicyclic) bond motifs is 3. The van der Waals surface area contributed by atoms with Gasteiger partial charge in [-0.05, 0) is 88.6 Å². The summed E-state index contributed by atoms with van der Waals surface area (Å²) in [7, 11) is -2.40. The minimum Gasteiger partial charge on any atom is -0.412 e. The Bertz CT molecular complexity index is 797. The van der Waals surface area contributed by atoms with Gasteiger partial charge in [-0.2, -0.15) is 0 Å². The Morgan fingerprint density at radius 3 is 2.20 bits per heavy atom. The zero-order valence-corrected chi connectivity index (χ0v) is 21.6. The molecule has 5 heteroatoms. The van der Waals surface area contributed by atoms with Crippen LogP contribution in [-0.2, 0) is 20.2 Å². The van der Waals surface area contributed by atoms with Crippen LogP contribution in [0, 0.1) is 5.92 Å². The summed E-state index contributed by atoms with van der Waals surface area (Å²) in [6.07, 6.45) is 4.62. The summed E-state index contributed by atoms with van der Waals surface area (Å²) < 4.78 is 20.9. The van der Waals surface area contributed by atoms with Gasteiger partial charge in [-0.15, -0.1) is 0 Å². The molecule has 0 bridgehead atoms. The molecule has 166 valence electrons. The molecular weight excluding hydrogens is 387 g/mol. The van der Waals surface area contributed by atoms with Crippen LogP contribution >= 0.6 is 0 Å². The zero-order chi connectivity index (χ0) is 22.2. The molecule has 3 atom stereocenters. The number of aryl methyl sites for hydroxylation is 1. The van der Waals surface area contributed by atoms with Crippen molar-refractivity contribution in [1.82, 2.24) is 0 Å². The monoisotopic (exact) mass is 428 g/mol. The largest absolute Gasteiger partial charge is 0.491 e. The van der Waals surface area contributed by atoms with Gasteiger partial charge in [-0.25, -0.2) is 0 Å². The molecular formula is C25H41BO3Si. The number of hydrogen-bond acceptors (Lipinski definition) is 3. The third-order valence-corrected chi connectivity index (χ3v) is 13.5. The maximum absolute atomic E-state index is 7.44. The standard InChI is InChI=1S/C25H41BO3Si/c1-22(2,3)30(8,9)29-25(26-27-23(4,5)24(6,7)28-26)17-16-19-15-14-18-12-10-11-13-20(18)21(19)25/h10-13,19,21H,14-17H2,1-9H3/t19-,21-,25+/m0/s1. The van der Waals surface area contributed by atoms with Gasteiger partial charge >= 0.3 is 7.12 Å². The van der Waals surface area contributed by atoms with Gasteiger partial charge in [0.2, 0.25) is 0 Å². The van der Waals surface area contributed by atoms with Crippen LogP contribution in [0.3, 0.4) is 0 Å². The van der Waals surface area contributed by atoms with E-state index in [1.165, 1.54) is 30.4 Å². The highest BCUT2D eigenvalue weighted by molar-refractivity contribution is 6.75. The number of hydrogen-bond donors (Lipinski definition) is 0. The quantitative estimate of drug-likeness (QED) is 0.513. The van der Waals surface area contributed by atoms with Gasteiger partial charge in [-0.1, -0.05) is 45.0 Å². The van der Waals surface area contributed by atoms with Crippen molar-refractivity contribution in [3.63, 3.8) is 0 Å². The Morgan fingerprint density at radius 2 is 1.60 bits per heavy atom. The molecule has 3 nitrogen and oxygen atoms in total. The summed E-state index contributed by atoms with van der Waals surface area (Å²) in [6.45, 7) is 20.4. The average molecular weight is 428 g/mol. The lowest BCUT2D eigenvalue weighted by Gasteiger charge is -2.49. The van der Waals surface area contributed by atoms with Gasteiger partial charge in [-0.3, -0.25) is 0 Å². The topological polar surface area (TPSA) is 27.7 Å². The van der Waals surface area contributed by atoms with Gasteiger partial charge < -0.3 is 13.7 Å². The van der Waals surface area contributed by atoms with Crippen LogP contribution in [0.25, 0.3) is 0 Å². The fourth-order valence-electron chi connectivity index (χ4n) is 5.46. The van der Waals surface area contributed by atoms with Crippen LogP contribution < -0.4 is 0 Å². The van der Waals surface area contributed by atoms with Crippen molar-refractivity contribution < 1.29 is 13.7 Å². The van der Waals surface area contributed by atoms with Crippen LogP contribution in [0.1, 0.15) is 84.8 Å². The highest BCUT2D eigenvalue weighted by Crippen LogP contribution is 2.59. The van der Waals surface area contributed by atoms with E-state index in [9.17, 15) is 0 Å². The molecule has 1 saturated carbocycles. The lowest BCUT2D eigenvalue weighted by molar-refractivity contribution is 0.00578. The first-order chi connectivity index (χ1) is 13.7. The second kappa shape index (κ2) is 6.94. The minimum absolute atomic E-state index is 0.135. The summed E-state index contributed by atoms with van der Waals surface area (Å²) in [5.41, 5.74) is 1.83. The summed E-state index contributed by atoms with van der Waals surface area (Å²) in [6, 6.07) is 9.03. The van der Waals surface area contributed by atoms with Crippen LogP contribution in [0.4, 0.5) is 0 Å². The first-order valence-electron chi connectivity index (χ1n) is 11.8. The lowest BCUT2D eigenvalue weighted by atomic mass is 9.57. The van der Waals surface area contributed by atoms with Gasteiger partial charge in [0.25, 0.3) is 0 Å². The Morgan fingerprint density at radius 1 is 1.00 bits per heavy atom. The van der Waals surface area contributed by atoms with E-state index < -0.39 is 13.8 Å². The molecule has 0 unspecified atom stereocenters. The average Bonchev–Trinajstić information content (AvgIpc) is 3.09. The third kappa shape index (κ3) is 3.35. The molecule has 0 radical (unpaired) electrons. The molecule has 2 aliphatic carbocycles. The summed E-state index contributed by atoms with van der Waals surface area (Å²) >= 11 is 0. The van der Waals surface area contributed by atoms with E-state index in [1.54, 1.807) is 0 Å². The molecule has 30 heavy (non-hydrogen) atoms. The van der Waals surface area contributed by atoms with E-state index in [4.69, 9.17) is 13.7 Å². The molecule has 1 heterocycles. The minimum atomic E-state index is -2.06. The molecule has 3 aliphatic rings. The van der Waals surface area contributed by atoms with Crippen LogP contribution in [0.2, 0.25) is 18.1 Å². The molecule has 1 aliphatic heterocycles. The van der Waals surface area contributed by atoms with E-state index >= 15 is 0 Å². The SMILES string of the molecule is CC1(C)OB([C@@]2(O[Si](C)(C)C(C)(C)C)CC[C@@H]3CCc4ccccc4[C@H]32)OC1(C)C. The normalized spacial score (nSPS) is 32.8. The van der Waals surface area contributed by atoms with Crippen molar-refractivity contribution in [3.05, 3.63) is 35.4 Å². The first-order valence-corrected chi connectivity index (χ1v) is 14.7. The molecule has 0 spiro atoms. The highest BCUT2D eigenvalue weighted by atomic mass is 28.4. The molecule has 0 amide bonds. The predicted molar refractivity (Wildman–Crippen MR) is 127 cm³/mol. The Kier molecular flexibility index (Phi) is 5.22. The van der Waals surface area contributed by atoms with Crippen molar-refractivity contribution >= 4 is 15.4 Å². The van der Waals surface area contributed by atoms with E-state index in [0.29, 0.717) is 11.8 Å². The van der Waals surface area contributed by atoms with Gasteiger partial charge in [0, 0.05) is 5.92 Å². The smallest absolute Gasteiger partial charge is 0.412 e. The van der Waals surface area contributed by atoms with Crippen LogP contribution in [0.5, 0.6) is 0 Å². The first kappa shape index (κ1) is 22.6. The molecule has 1 aromatic rings. The number of rotatable bonds is 3. The van der Waals surface area contributed by atoms with Crippen molar-refractivity contribution in [2.75, 3.05) is 0 Å². The van der Waals surface area contributed by atoms with E-state index in [2.05, 4.69) is 85.8 Å². The molecule has 1 saturated heterocycles. The summed E-state index contributed by atoms with van der Waals surface area (Å²) in [5.74, 6) is 0.981. The molecule has 1 aromatic carbocycles. The van der Waals surface area contributed by atoms with Crippen molar-refractivity contribution in [2.24, 2.45) is 5.92 Å². The van der Waals surface area contributed by atoms with Crippen molar-refractivity contribution in [3.8, 4) is 0 Å². The highest BCUT2D eigenvalue weighted by Gasteiger charge is 2.68. The van der Waals surface area contributed by atoms with E-state index in [-0.39, 0.29) is 23.4 Å². The maximum Gasteiger partial charge on any atom is 0.491 e. The van der Waals surface area contributed by atoms with Gasteiger partial charge in [0.15, 0.2) is 8.32 Å². The maximum atomic E-state index is 7.44. The van der Waals surface area contributed by atoms with Crippen molar-refractivity contribution in [1.29, 1.82) is 0 Å². The third-order valence-electron chi connectivity index (χ3n) is 8.98. The van der Waals surface area contributed by atoms with E-state index in [1.807, 2.05) is 0 Å².